The first kappa shape index (κ1) is 9.39. The van der Waals surface area contributed by atoms with Gasteiger partial charge in [0.2, 0.25) is 0 Å². The lowest BCUT2D eigenvalue weighted by Crippen LogP contribution is -2.20. The molecule has 0 amide bonds. The summed E-state index contributed by atoms with van der Waals surface area (Å²) in [7, 11) is 0. The van der Waals surface area contributed by atoms with Crippen LogP contribution in [-0.2, 0) is 0 Å². The number of aromatic nitrogens is 3. The summed E-state index contributed by atoms with van der Waals surface area (Å²) in [6.07, 6.45) is 1.57. The highest BCUT2D eigenvalue weighted by Crippen LogP contribution is 1.96. The zero-order valence-corrected chi connectivity index (χ0v) is 8.10. The number of aromatic amines is 1. The smallest absolute Gasteiger partial charge is 0.256 e. The minimum Gasteiger partial charge on any atom is -0.311 e. The van der Waals surface area contributed by atoms with E-state index in [1.54, 1.807) is 25.3 Å². The zero-order valence-electron chi connectivity index (χ0n) is 8.10. The maximum absolute atomic E-state index is 11.5. The van der Waals surface area contributed by atoms with Crippen molar-refractivity contribution in [2.75, 3.05) is 0 Å². The van der Waals surface area contributed by atoms with Gasteiger partial charge in [-0.3, -0.25) is 14.2 Å². The first-order valence-corrected chi connectivity index (χ1v) is 4.43. The Morgan fingerprint density at radius 2 is 2.13 bits per heavy atom. The van der Waals surface area contributed by atoms with E-state index in [-0.39, 0.29) is 11.1 Å². The van der Waals surface area contributed by atoms with Crippen LogP contribution in [0.25, 0.3) is 5.82 Å². The van der Waals surface area contributed by atoms with E-state index in [0.29, 0.717) is 11.6 Å². The van der Waals surface area contributed by atoms with Gasteiger partial charge in [0.05, 0.1) is 0 Å². The van der Waals surface area contributed by atoms with Crippen LogP contribution in [0.3, 0.4) is 0 Å². The summed E-state index contributed by atoms with van der Waals surface area (Å²) in [5, 5.41) is 0. The van der Waals surface area contributed by atoms with Crippen molar-refractivity contribution in [1.82, 2.24) is 14.5 Å². The average molecular weight is 203 g/mol. The summed E-state index contributed by atoms with van der Waals surface area (Å²) in [5.41, 5.74) is -0.483. The standard InChI is InChI=1S/C10H9N3O2/c1-7-11-8(6-9(14)12-7)13-5-3-2-4-10(13)15/h2-6H,1H3,(H,11,12,14). The van der Waals surface area contributed by atoms with Gasteiger partial charge in [0.1, 0.15) is 11.6 Å². The molecule has 2 aromatic heterocycles. The van der Waals surface area contributed by atoms with Crippen molar-refractivity contribution in [3.8, 4) is 5.82 Å². The third kappa shape index (κ3) is 1.85. The van der Waals surface area contributed by atoms with Crippen LogP contribution in [0.2, 0.25) is 0 Å². The van der Waals surface area contributed by atoms with Crippen LogP contribution in [0, 0.1) is 6.92 Å². The van der Waals surface area contributed by atoms with Gasteiger partial charge in [0, 0.05) is 18.3 Å². The van der Waals surface area contributed by atoms with Gasteiger partial charge in [-0.05, 0) is 13.0 Å². The maximum Gasteiger partial charge on any atom is 0.256 e. The quantitative estimate of drug-likeness (QED) is 0.721. The van der Waals surface area contributed by atoms with Gasteiger partial charge >= 0.3 is 0 Å². The van der Waals surface area contributed by atoms with Crippen LogP contribution < -0.4 is 11.1 Å². The number of aryl methyl sites for hydroxylation is 1. The molecular formula is C10H9N3O2. The molecule has 0 saturated carbocycles. The molecule has 2 rings (SSSR count). The van der Waals surface area contributed by atoms with Crippen molar-refractivity contribution in [3.63, 3.8) is 0 Å². The number of nitrogens with zero attached hydrogens (tertiary/aromatic N) is 2. The third-order valence-corrected chi connectivity index (χ3v) is 1.92. The highest BCUT2D eigenvalue weighted by molar-refractivity contribution is 5.21. The Kier molecular flexibility index (Phi) is 2.21. The van der Waals surface area contributed by atoms with E-state index < -0.39 is 0 Å². The summed E-state index contributed by atoms with van der Waals surface area (Å²) in [4.78, 5) is 29.2. The molecule has 15 heavy (non-hydrogen) atoms. The lowest BCUT2D eigenvalue weighted by atomic mass is 10.4. The van der Waals surface area contributed by atoms with Crippen molar-refractivity contribution < 1.29 is 0 Å². The number of hydrogen-bond acceptors (Lipinski definition) is 3. The predicted molar refractivity (Wildman–Crippen MR) is 55.2 cm³/mol. The summed E-state index contributed by atoms with van der Waals surface area (Å²) < 4.78 is 1.32. The second-order valence-corrected chi connectivity index (χ2v) is 3.10. The molecule has 0 bridgehead atoms. The second kappa shape index (κ2) is 3.53. The van der Waals surface area contributed by atoms with Crippen LogP contribution in [0.5, 0.6) is 0 Å². The molecule has 5 nitrogen and oxygen atoms in total. The molecule has 0 fully saturated rings. The Balaban J connectivity index is 2.70. The predicted octanol–water partition coefficient (Wildman–Crippen LogP) is 0.229. The van der Waals surface area contributed by atoms with E-state index in [0.717, 1.165) is 0 Å². The molecule has 0 aliphatic rings. The van der Waals surface area contributed by atoms with E-state index >= 15 is 0 Å². The lowest BCUT2D eigenvalue weighted by molar-refractivity contribution is 0.892. The molecule has 0 radical (unpaired) electrons. The molecule has 76 valence electrons. The molecule has 0 spiro atoms. The van der Waals surface area contributed by atoms with Crippen molar-refractivity contribution in [2.24, 2.45) is 0 Å². The molecule has 0 aliphatic carbocycles. The number of hydrogen-bond donors (Lipinski definition) is 1. The molecule has 1 N–H and O–H groups in total. The Hall–Kier alpha value is -2.17. The van der Waals surface area contributed by atoms with E-state index in [1.807, 2.05) is 0 Å². The Morgan fingerprint density at radius 3 is 2.80 bits per heavy atom. The molecule has 0 saturated heterocycles. The fourth-order valence-corrected chi connectivity index (χ4v) is 1.30. The van der Waals surface area contributed by atoms with E-state index in [2.05, 4.69) is 9.97 Å². The van der Waals surface area contributed by atoms with Gasteiger partial charge in [-0.15, -0.1) is 0 Å². The van der Waals surface area contributed by atoms with Gasteiger partial charge in [0.25, 0.3) is 11.1 Å². The van der Waals surface area contributed by atoms with E-state index in [4.69, 9.17) is 0 Å². The van der Waals surface area contributed by atoms with Crippen LogP contribution in [0.1, 0.15) is 5.82 Å². The minimum absolute atomic E-state index is 0.213. The summed E-state index contributed by atoms with van der Waals surface area (Å²) in [5.74, 6) is 0.815. The molecule has 0 unspecified atom stereocenters. The Bertz CT molecular complexity index is 598. The third-order valence-electron chi connectivity index (χ3n) is 1.92. The van der Waals surface area contributed by atoms with Crippen molar-refractivity contribution in [3.05, 3.63) is 57.0 Å². The fraction of sp³-hybridized carbons (Fsp3) is 0.100. The maximum atomic E-state index is 11.5. The number of H-pyrrole nitrogens is 1. The largest absolute Gasteiger partial charge is 0.311 e. The molecule has 0 aromatic carbocycles. The minimum atomic E-state index is -0.270. The van der Waals surface area contributed by atoms with E-state index in [9.17, 15) is 9.59 Å². The summed E-state index contributed by atoms with van der Waals surface area (Å²) >= 11 is 0. The molecule has 2 heterocycles. The van der Waals surface area contributed by atoms with Crippen molar-refractivity contribution in [1.29, 1.82) is 0 Å². The number of rotatable bonds is 1. The van der Waals surface area contributed by atoms with Gasteiger partial charge in [-0.1, -0.05) is 6.07 Å². The van der Waals surface area contributed by atoms with Gasteiger partial charge in [-0.25, -0.2) is 4.98 Å². The highest BCUT2D eigenvalue weighted by Gasteiger charge is 2.01. The summed E-state index contributed by atoms with van der Waals surface area (Å²) in [6, 6.07) is 6.05. The number of pyridine rings is 1. The molecule has 0 aliphatic heterocycles. The van der Waals surface area contributed by atoms with Crippen LogP contribution >= 0.6 is 0 Å². The first-order chi connectivity index (χ1) is 7.16. The molecule has 0 atom stereocenters. The molecule has 5 heteroatoms. The molecular weight excluding hydrogens is 194 g/mol. The van der Waals surface area contributed by atoms with Crippen molar-refractivity contribution in [2.45, 2.75) is 6.92 Å². The summed E-state index contributed by atoms with van der Waals surface area (Å²) in [6.45, 7) is 1.67. The van der Waals surface area contributed by atoms with Crippen LogP contribution in [-0.4, -0.2) is 14.5 Å². The van der Waals surface area contributed by atoms with Gasteiger partial charge < -0.3 is 4.98 Å². The van der Waals surface area contributed by atoms with Gasteiger partial charge in [-0.2, -0.15) is 0 Å². The highest BCUT2D eigenvalue weighted by atomic mass is 16.1. The normalized spacial score (nSPS) is 10.2. The monoisotopic (exact) mass is 203 g/mol. The van der Waals surface area contributed by atoms with Crippen molar-refractivity contribution >= 4 is 0 Å². The lowest BCUT2D eigenvalue weighted by Gasteiger charge is -2.03. The number of nitrogens with one attached hydrogen (secondary N) is 1. The first-order valence-electron chi connectivity index (χ1n) is 4.43. The van der Waals surface area contributed by atoms with E-state index in [1.165, 1.54) is 16.7 Å². The fourth-order valence-electron chi connectivity index (χ4n) is 1.30. The SMILES string of the molecule is Cc1nc(-n2ccccc2=O)cc(=O)[nH]1. The van der Waals surface area contributed by atoms with Crippen LogP contribution in [0.15, 0.2) is 40.1 Å². The Morgan fingerprint density at radius 1 is 1.33 bits per heavy atom. The Labute approximate surface area is 85.0 Å². The van der Waals surface area contributed by atoms with Gasteiger partial charge in [0.15, 0.2) is 0 Å². The van der Waals surface area contributed by atoms with Crippen LogP contribution in [0.4, 0.5) is 0 Å². The topological polar surface area (TPSA) is 67.8 Å². The second-order valence-electron chi connectivity index (χ2n) is 3.10. The average Bonchev–Trinajstić information content (AvgIpc) is 2.16. The zero-order chi connectivity index (χ0) is 10.8. The molecule has 2 aromatic rings.